The number of nitrogens with zero attached hydrogens (tertiary/aromatic N) is 1. The summed E-state index contributed by atoms with van der Waals surface area (Å²) in [6.07, 6.45) is 1.74. The van der Waals surface area contributed by atoms with Crippen LogP contribution >= 0.6 is 0 Å². The molecule has 0 spiro atoms. The molecule has 0 aliphatic rings. The third-order valence-corrected chi connectivity index (χ3v) is 3.14. The van der Waals surface area contributed by atoms with Gasteiger partial charge in [0.1, 0.15) is 6.61 Å². The minimum Gasteiger partial charge on any atom is -0.476 e. The first-order valence-corrected chi connectivity index (χ1v) is 7.09. The molecule has 106 valence electrons. The smallest absolute Gasteiger partial charge is 0.213 e. The molecule has 0 saturated carbocycles. The van der Waals surface area contributed by atoms with Crippen LogP contribution in [0.3, 0.4) is 0 Å². The largest absolute Gasteiger partial charge is 0.476 e. The topological polar surface area (TPSA) is 34.1 Å². The van der Waals surface area contributed by atoms with Crippen molar-refractivity contribution in [3.63, 3.8) is 0 Å². The molecule has 0 unspecified atom stereocenters. The number of ether oxygens (including phenoxy) is 1. The molecule has 0 atom stereocenters. The van der Waals surface area contributed by atoms with Crippen molar-refractivity contribution in [2.45, 2.75) is 26.3 Å². The van der Waals surface area contributed by atoms with Gasteiger partial charge in [0.25, 0.3) is 0 Å². The summed E-state index contributed by atoms with van der Waals surface area (Å²) < 4.78 is 5.52. The van der Waals surface area contributed by atoms with E-state index in [0.29, 0.717) is 18.4 Å². The van der Waals surface area contributed by atoms with E-state index in [1.54, 1.807) is 6.20 Å². The Kier molecular flexibility index (Phi) is 5.56. The van der Waals surface area contributed by atoms with E-state index in [9.17, 15) is 0 Å². The maximum atomic E-state index is 5.52. The fourth-order valence-corrected chi connectivity index (χ4v) is 1.91. The van der Waals surface area contributed by atoms with Gasteiger partial charge in [-0.3, -0.25) is 0 Å². The molecular weight excluding hydrogens is 248 g/mol. The summed E-state index contributed by atoms with van der Waals surface area (Å²) in [5.41, 5.74) is 2.68. The molecule has 0 bridgehead atoms. The SMILES string of the molecule is CC(C)c1ccc(CNCCOc2ccccn2)cc1. The highest BCUT2D eigenvalue weighted by Crippen LogP contribution is 2.14. The van der Waals surface area contributed by atoms with Crippen molar-refractivity contribution in [3.8, 4) is 5.88 Å². The fourth-order valence-electron chi connectivity index (χ4n) is 1.91. The van der Waals surface area contributed by atoms with Gasteiger partial charge < -0.3 is 10.1 Å². The zero-order valence-electron chi connectivity index (χ0n) is 12.2. The second-order valence-corrected chi connectivity index (χ2v) is 5.09. The van der Waals surface area contributed by atoms with Crippen LogP contribution in [-0.2, 0) is 6.54 Å². The van der Waals surface area contributed by atoms with E-state index in [2.05, 4.69) is 48.4 Å². The lowest BCUT2D eigenvalue weighted by Crippen LogP contribution is -2.20. The molecule has 2 aromatic rings. The molecule has 1 aromatic carbocycles. The third kappa shape index (κ3) is 4.67. The standard InChI is InChI=1S/C17H22N2O/c1-14(2)16-8-6-15(7-9-16)13-18-11-12-20-17-5-3-4-10-19-17/h3-10,14,18H,11-13H2,1-2H3. The van der Waals surface area contributed by atoms with Crippen molar-refractivity contribution in [3.05, 3.63) is 59.8 Å². The number of pyridine rings is 1. The van der Waals surface area contributed by atoms with Gasteiger partial charge in [0.05, 0.1) is 0 Å². The molecule has 1 N–H and O–H groups in total. The van der Waals surface area contributed by atoms with Crippen molar-refractivity contribution in [2.75, 3.05) is 13.2 Å². The van der Waals surface area contributed by atoms with Crippen LogP contribution in [0, 0.1) is 0 Å². The summed E-state index contributed by atoms with van der Waals surface area (Å²) in [7, 11) is 0. The molecule has 3 heteroatoms. The van der Waals surface area contributed by atoms with Crippen molar-refractivity contribution in [1.29, 1.82) is 0 Å². The summed E-state index contributed by atoms with van der Waals surface area (Å²) in [5.74, 6) is 1.26. The van der Waals surface area contributed by atoms with E-state index >= 15 is 0 Å². The molecule has 3 nitrogen and oxygen atoms in total. The predicted octanol–water partition coefficient (Wildman–Crippen LogP) is 3.37. The molecular formula is C17H22N2O. The maximum absolute atomic E-state index is 5.52. The highest BCUT2D eigenvalue weighted by molar-refractivity contribution is 5.24. The molecule has 1 aromatic heterocycles. The molecule has 0 saturated heterocycles. The summed E-state index contributed by atoms with van der Waals surface area (Å²) in [4.78, 5) is 4.11. The summed E-state index contributed by atoms with van der Waals surface area (Å²) in [6.45, 7) is 6.72. The van der Waals surface area contributed by atoms with Crippen LogP contribution in [0.15, 0.2) is 48.7 Å². The van der Waals surface area contributed by atoms with Crippen molar-refractivity contribution < 1.29 is 4.74 Å². The van der Waals surface area contributed by atoms with E-state index in [-0.39, 0.29) is 0 Å². The van der Waals surface area contributed by atoms with Gasteiger partial charge in [0.2, 0.25) is 5.88 Å². The highest BCUT2D eigenvalue weighted by Gasteiger charge is 1.99. The van der Waals surface area contributed by atoms with Crippen LogP contribution in [0.1, 0.15) is 30.9 Å². The van der Waals surface area contributed by atoms with Crippen LogP contribution in [-0.4, -0.2) is 18.1 Å². The first kappa shape index (κ1) is 14.5. The number of aromatic nitrogens is 1. The lowest BCUT2D eigenvalue weighted by molar-refractivity contribution is 0.302. The van der Waals surface area contributed by atoms with Crippen molar-refractivity contribution >= 4 is 0 Å². The van der Waals surface area contributed by atoms with E-state index < -0.39 is 0 Å². The predicted molar refractivity (Wildman–Crippen MR) is 82.0 cm³/mol. The minimum absolute atomic E-state index is 0.587. The number of rotatable bonds is 7. The Morgan fingerprint density at radius 3 is 2.55 bits per heavy atom. The quantitative estimate of drug-likeness (QED) is 0.783. The maximum Gasteiger partial charge on any atom is 0.213 e. The normalized spacial score (nSPS) is 10.8. The first-order valence-electron chi connectivity index (χ1n) is 7.09. The van der Waals surface area contributed by atoms with E-state index in [1.165, 1.54) is 11.1 Å². The molecule has 0 aliphatic heterocycles. The minimum atomic E-state index is 0.587. The molecule has 0 radical (unpaired) electrons. The summed E-state index contributed by atoms with van der Waals surface area (Å²) in [5, 5.41) is 3.37. The van der Waals surface area contributed by atoms with Gasteiger partial charge in [-0.2, -0.15) is 0 Å². The lowest BCUT2D eigenvalue weighted by atomic mass is 10.0. The highest BCUT2D eigenvalue weighted by atomic mass is 16.5. The Morgan fingerprint density at radius 1 is 1.10 bits per heavy atom. The van der Waals surface area contributed by atoms with E-state index in [1.807, 2.05) is 18.2 Å². The lowest BCUT2D eigenvalue weighted by Gasteiger charge is -2.08. The van der Waals surface area contributed by atoms with Gasteiger partial charge in [-0.05, 0) is 23.1 Å². The Hall–Kier alpha value is -1.87. The van der Waals surface area contributed by atoms with Crippen molar-refractivity contribution in [2.24, 2.45) is 0 Å². The Balaban J connectivity index is 1.66. The summed E-state index contributed by atoms with van der Waals surface area (Å²) in [6, 6.07) is 14.4. The van der Waals surface area contributed by atoms with Gasteiger partial charge >= 0.3 is 0 Å². The van der Waals surface area contributed by atoms with Crippen LogP contribution < -0.4 is 10.1 Å². The van der Waals surface area contributed by atoms with Gasteiger partial charge in [-0.25, -0.2) is 4.98 Å². The van der Waals surface area contributed by atoms with Crippen LogP contribution in [0.25, 0.3) is 0 Å². The van der Waals surface area contributed by atoms with Crippen LogP contribution in [0.4, 0.5) is 0 Å². The zero-order valence-corrected chi connectivity index (χ0v) is 12.2. The summed E-state index contributed by atoms with van der Waals surface area (Å²) >= 11 is 0. The Labute approximate surface area is 121 Å². The molecule has 1 heterocycles. The number of benzene rings is 1. The molecule has 0 amide bonds. The van der Waals surface area contributed by atoms with Crippen LogP contribution in [0.2, 0.25) is 0 Å². The van der Waals surface area contributed by atoms with E-state index in [4.69, 9.17) is 4.74 Å². The third-order valence-electron chi connectivity index (χ3n) is 3.14. The van der Waals surface area contributed by atoms with E-state index in [0.717, 1.165) is 13.1 Å². The molecule has 2 rings (SSSR count). The van der Waals surface area contributed by atoms with Gasteiger partial charge in [0.15, 0.2) is 0 Å². The first-order chi connectivity index (χ1) is 9.75. The number of hydrogen-bond acceptors (Lipinski definition) is 3. The Bertz CT molecular complexity index is 494. The average Bonchev–Trinajstić information content (AvgIpc) is 2.48. The fraction of sp³-hybridized carbons (Fsp3) is 0.353. The number of hydrogen-bond donors (Lipinski definition) is 1. The van der Waals surface area contributed by atoms with Gasteiger partial charge in [-0.1, -0.05) is 44.2 Å². The van der Waals surface area contributed by atoms with Gasteiger partial charge in [-0.15, -0.1) is 0 Å². The van der Waals surface area contributed by atoms with Gasteiger partial charge in [0, 0.05) is 25.4 Å². The zero-order chi connectivity index (χ0) is 14.2. The second-order valence-electron chi connectivity index (χ2n) is 5.09. The monoisotopic (exact) mass is 270 g/mol. The number of nitrogens with one attached hydrogen (secondary N) is 1. The second kappa shape index (κ2) is 7.65. The van der Waals surface area contributed by atoms with Crippen LogP contribution in [0.5, 0.6) is 5.88 Å². The average molecular weight is 270 g/mol. The molecule has 20 heavy (non-hydrogen) atoms. The molecule has 0 fully saturated rings. The van der Waals surface area contributed by atoms with Crippen molar-refractivity contribution in [1.82, 2.24) is 10.3 Å². The Morgan fingerprint density at radius 2 is 1.90 bits per heavy atom. The molecule has 0 aliphatic carbocycles.